The molecule has 30 heavy (non-hydrogen) atoms. The molecule has 2 N–H and O–H groups in total. The van der Waals surface area contributed by atoms with Crippen LogP contribution in [0.25, 0.3) is 0 Å². The topological polar surface area (TPSA) is 68.2 Å². The Balaban J connectivity index is 1.57. The lowest BCUT2D eigenvalue weighted by molar-refractivity contribution is 0.0602. The first-order valence-corrected chi connectivity index (χ1v) is 11.1. The van der Waals surface area contributed by atoms with E-state index in [1.165, 1.54) is 24.0 Å². The number of halogens is 1. The number of hydrogen-bond donors (Lipinski definition) is 2. The molecule has 0 aliphatic carbocycles. The number of thiophene rings is 1. The van der Waals surface area contributed by atoms with Gasteiger partial charge in [-0.1, -0.05) is 41.9 Å². The summed E-state index contributed by atoms with van der Waals surface area (Å²) < 4.78 is 6.79. The van der Waals surface area contributed by atoms with E-state index in [0.717, 1.165) is 30.0 Å². The van der Waals surface area contributed by atoms with E-state index < -0.39 is 0 Å². The van der Waals surface area contributed by atoms with Crippen molar-refractivity contribution < 1.29 is 9.53 Å². The van der Waals surface area contributed by atoms with Crippen LogP contribution in [-0.2, 0) is 17.7 Å². The van der Waals surface area contributed by atoms with Crippen LogP contribution in [0.3, 0.4) is 0 Å². The second kappa shape index (κ2) is 10.6. The van der Waals surface area contributed by atoms with Crippen LogP contribution in [0.2, 0.25) is 5.02 Å². The molecule has 0 bridgehead atoms. The van der Waals surface area contributed by atoms with Crippen LogP contribution in [-0.4, -0.2) is 34.5 Å². The van der Waals surface area contributed by atoms with Gasteiger partial charge in [0.25, 0.3) is 0 Å². The van der Waals surface area contributed by atoms with Gasteiger partial charge in [0.05, 0.1) is 29.6 Å². The molecule has 158 valence electrons. The number of aryl methyl sites for hydroxylation is 1. The fraction of sp³-hybridized carbons (Fsp3) is 0.286. The predicted octanol–water partition coefficient (Wildman–Crippen LogP) is 4.66. The van der Waals surface area contributed by atoms with Crippen LogP contribution in [0.5, 0.6) is 0 Å². The Hall–Kier alpha value is -2.42. The van der Waals surface area contributed by atoms with Crippen LogP contribution >= 0.6 is 35.2 Å². The molecule has 0 spiro atoms. The van der Waals surface area contributed by atoms with Crippen molar-refractivity contribution in [1.29, 1.82) is 0 Å². The molecule has 3 aromatic rings. The lowest BCUT2D eigenvalue weighted by atomic mass is 10.1. The van der Waals surface area contributed by atoms with Crippen molar-refractivity contribution in [2.45, 2.75) is 26.3 Å². The SMILES string of the molecule is COC(=O)c1cc(Cc2ccccc2)sc1NC(=S)NCCCn1ncc(Cl)c1C. The fourth-order valence-electron chi connectivity index (χ4n) is 2.91. The largest absolute Gasteiger partial charge is 0.465 e. The number of nitrogens with one attached hydrogen (secondary N) is 2. The lowest BCUT2D eigenvalue weighted by Crippen LogP contribution is -2.30. The third-order valence-electron chi connectivity index (χ3n) is 4.51. The number of methoxy groups -OCH3 is 1. The van der Waals surface area contributed by atoms with E-state index in [2.05, 4.69) is 27.9 Å². The van der Waals surface area contributed by atoms with E-state index in [0.29, 0.717) is 27.2 Å². The van der Waals surface area contributed by atoms with Crippen molar-refractivity contribution in [3.63, 3.8) is 0 Å². The highest BCUT2D eigenvalue weighted by Crippen LogP contribution is 2.30. The van der Waals surface area contributed by atoms with Gasteiger partial charge in [0.15, 0.2) is 5.11 Å². The number of esters is 1. The minimum atomic E-state index is -0.387. The summed E-state index contributed by atoms with van der Waals surface area (Å²) in [7, 11) is 1.38. The van der Waals surface area contributed by atoms with Gasteiger partial charge in [-0.2, -0.15) is 5.10 Å². The summed E-state index contributed by atoms with van der Waals surface area (Å²) in [6.45, 7) is 3.34. The number of benzene rings is 1. The monoisotopic (exact) mass is 462 g/mol. The average Bonchev–Trinajstić information content (AvgIpc) is 3.28. The van der Waals surface area contributed by atoms with Crippen LogP contribution in [0, 0.1) is 6.92 Å². The number of rotatable bonds is 8. The highest BCUT2D eigenvalue weighted by Gasteiger charge is 2.18. The van der Waals surface area contributed by atoms with Crippen LogP contribution < -0.4 is 10.6 Å². The normalized spacial score (nSPS) is 10.6. The van der Waals surface area contributed by atoms with Crippen molar-refractivity contribution in [3.8, 4) is 0 Å². The zero-order valence-corrected chi connectivity index (χ0v) is 19.2. The van der Waals surface area contributed by atoms with Crippen LogP contribution in [0.4, 0.5) is 5.00 Å². The molecule has 9 heteroatoms. The van der Waals surface area contributed by atoms with Gasteiger partial charge in [0.1, 0.15) is 5.00 Å². The molecule has 0 aliphatic heterocycles. The Morgan fingerprint density at radius 2 is 2.10 bits per heavy atom. The van der Waals surface area contributed by atoms with Crippen LogP contribution in [0.1, 0.15) is 32.9 Å². The van der Waals surface area contributed by atoms with Gasteiger partial charge < -0.3 is 15.4 Å². The van der Waals surface area contributed by atoms with Crippen LogP contribution in [0.15, 0.2) is 42.6 Å². The van der Waals surface area contributed by atoms with E-state index >= 15 is 0 Å². The molecule has 0 aliphatic rings. The maximum absolute atomic E-state index is 12.2. The summed E-state index contributed by atoms with van der Waals surface area (Å²) >= 11 is 12.9. The second-order valence-electron chi connectivity index (χ2n) is 6.64. The van der Waals surface area contributed by atoms with E-state index in [1.54, 1.807) is 6.20 Å². The smallest absolute Gasteiger partial charge is 0.340 e. The molecule has 2 aromatic heterocycles. The first-order valence-electron chi connectivity index (χ1n) is 9.45. The van der Waals surface area contributed by atoms with Gasteiger partial charge in [0, 0.05) is 24.4 Å². The molecule has 6 nitrogen and oxygen atoms in total. The van der Waals surface area contributed by atoms with E-state index in [-0.39, 0.29) is 5.97 Å². The molecule has 1 aromatic carbocycles. The lowest BCUT2D eigenvalue weighted by Gasteiger charge is -2.11. The number of carbonyl (C=O) groups excluding carboxylic acids is 1. The predicted molar refractivity (Wildman–Crippen MR) is 126 cm³/mol. The molecular formula is C21H23ClN4O2S2. The van der Waals surface area contributed by atoms with Crippen molar-refractivity contribution in [2.24, 2.45) is 0 Å². The van der Waals surface area contributed by atoms with Gasteiger partial charge in [-0.05, 0) is 37.2 Å². The molecule has 0 unspecified atom stereocenters. The van der Waals surface area contributed by atoms with Gasteiger partial charge in [-0.15, -0.1) is 11.3 Å². The molecule has 3 rings (SSSR count). The Kier molecular flexibility index (Phi) is 7.84. The number of anilines is 1. The summed E-state index contributed by atoms with van der Waals surface area (Å²) in [6.07, 6.45) is 3.21. The Bertz CT molecular complexity index is 1020. The Morgan fingerprint density at radius 3 is 2.77 bits per heavy atom. The second-order valence-corrected chi connectivity index (χ2v) is 8.60. The molecular weight excluding hydrogens is 440 g/mol. The number of hydrogen-bond acceptors (Lipinski definition) is 5. The zero-order valence-electron chi connectivity index (χ0n) is 16.8. The van der Waals surface area contributed by atoms with Gasteiger partial charge in [-0.3, -0.25) is 4.68 Å². The first kappa shape index (κ1) is 22.3. The van der Waals surface area contributed by atoms with Gasteiger partial charge in [-0.25, -0.2) is 4.79 Å². The minimum Gasteiger partial charge on any atom is -0.465 e. The van der Waals surface area contributed by atoms with Crippen molar-refractivity contribution in [2.75, 3.05) is 19.0 Å². The molecule has 2 heterocycles. The van der Waals surface area contributed by atoms with Crippen molar-refractivity contribution in [3.05, 3.63) is 69.3 Å². The Morgan fingerprint density at radius 1 is 1.33 bits per heavy atom. The fourth-order valence-corrected chi connectivity index (χ4v) is 4.40. The Labute approximate surface area is 190 Å². The third kappa shape index (κ3) is 5.81. The average molecular weight is 463 g/mol. The quantitative estimate of drug-likeness (QED) is 0.288. The molecule has 0 saturated heterocycles. The number of thiocarbonyl (C=S) groups is 1. The molecule has 0 amide bonds. The molecule has 0 atom stereocenters. The first-order chi connectivity index (χ1) is 14.5. The number of aromatic nitrogens is 2. The van der Waals surface area contributed by atoms with E-state index in [4.69, 9.17) is 28.6 Å². The highest BCUT2D eigenvalue weighted by molar-refractivity contribution is 7.80. The number of carbonyl (C=O) groups is 1. The highest BCUT2D eigenvalue weighted by atomic mass is 35.5. The minimum absolute atomic E-state index is 0.387. The third-order valence-corrected chi connectivity index (χ3v) is 6.18. The van der Waals surface area contributed by atoms with Crippen molar-refractivity contribution in [1.82, 2.24) is 15.1 Å². The summed E-state index contributed by atoms with van der Waals surface area (Å²) in [6, 6.07) is 12.0. The van der Waals surface area contributed by atoms with E-state index in [9.17, 15) is 4.79 Å². The standard InChI is InChI=1S/C21H23ClN4O2S2/c1-14-18(22)13-24-26(14)10-6-9-23-21(29)25-19-17(20(27)28-2)12-16(30-19)11-15-7-4-3-5-8-15/h3-5,7-8,12-13H,6,9-11H2,1-2H3,(H2,23,25,29). The molecule has 0 radical (unpaired) electrons. The summed E-state index contributed by atoms with van der Waals surface area (Å²) in [5.41, 5.74) is 2.61. The molecule has 0 fully saturated rings. The summed E-state index contributed by atoms with van der Waals surface area (Å²) in [5, 5.41) is 12.4. The summed E-state index contributed by atoms with van der Waals surface area (Å²) in [5.74, 6) is -0.387. The maximum Gasteiger partial charge on any atom is 0.340 e. The number of nitrogens with zero attached hydrogens (tertiary/aromatic N) is 2. The molecule has 0 saturated carbocycles. The van der Waals surface area contributed by atoms with Crippen molar-refractivity contribution >= 4 is 51.2 Å². The summed E-state index contributed by atoms with van der Waals surface area (Å²) in [4.78, 5) is 13.2. The van der Waals surface area contributed by atoms with Gasteiger partial charge >= 0.3 is 5.97 Å². The van der Waals surface area contributed by atoms with E-state index in [1.807, 2.05) is 35.9 Å². The maximum atomic E-state index is 12.2. The zero-order chi connectivity index (χ0) is 21.5. The number of ether oxygens (including phenoxy) is 1. The van der Waals surface area contributed by atoms with Gasteiger partial charge in [0.2, 0.25) is 0 Å².